The summed E-state index contributed by atoms with van der Waals surface area (Å²) in [5.41, 5.74) is -2.39. The fraction of sp³-hybridized carbons (Fsp3) is 0.480. The number of carbonyl (C=O) groups is 1. The number of fused-ring (bicyclic) bond motifs is 1. The maximum absolute atomic E-state index is 15.6. The number of aliphatic hydroxyl groups is 1. The van der Waals surface area contributed by atoms with Crippen LogP contribution in [0.15, 0.2) is 36.4 Å². The van der Waals surface area contributed by atoms with E-state index in [9.17, 15) is 35.9 Å². The number of amides is 1. The van der Waals surface area contributed by atoms with Gasteiger partial charge in [-0.25, -0.2) is 35.1 Å². The Morgan fingerprint density at radius 1 is 1.14 bits per heavy atom. The van der Waals surface area contributed by atoms with Gasteiger partial charge in [0, 0.05) is 36.6 Å². The predicted octanol–water partition coefficient (Wildman–Crippen LogP) is 3.38. The Hall–Kier alpha value is -2.57. The maximum atomic E-state index is 15.6. The number of rotatable bonds is 7. The lowest BCUT2D eigenvalue weighted by Gasteiger charge is -2.45. The number of piperidine rings is 1. The smallest absolute Gasteiger partial charge is 0.255 e. The molecular formula is C25H25F5N2O4S. The number of hydrogen-bond donors (Lipinski definition) is 2. The normalized spacial score (nSPS) is 27.5. The third-order valence-electron chi connectivity index (χ3n) is 7.51. The number of carbonyl (C=O) groups excluding carboxylic acids is 1. The van der Waals surface area contributed by atoms with E-state index in [1.165, 1.54) is 30.0 Å². The van der Waals surface area contributed by atoms with Crippen LogP contribution in [0.1, 0.15) is 31.7 Å². The quantitative estimate of drug-likeness (QED) is 0.524. The van der Waals surface area contributed by atoms with Crippen molar-refractivity contribution in [2.24, 2.45) is 5.92 Å². The average molecular weight is 545 g/mol. The fourth-order valence-corrected chi connectivity index (χ4v) is 6.60. The van der Waals surface area contributed by atoms with Gasteiger partial charge >= 0.3 is 0 Å². The molecule has 0 bridgehead atoms. The molecule has 2 aromatic rings. The summed E-state index contributed by atoms with van der Waals surface area (Å²) in [6.45, 7) is 1.43. The number of sulfonamides is 1. The Morgan fingerprint density at radius 2 is 1.78 bits per heavy atom. The number of hydrogen-bond acceptors (Lipinski definition) is 4. The summed E-state index contributed by atoms with van der Waals surface area (Å²) in [6.07, 6.45) is -1.88. The average Bonchev–Trinajstić information content (AvgIpc) is 3.51. The van der Waals surface area contributed by atoms with Gasteiger partial charge in [-0.05, 0) is 48.9 Å². The van der Waals surface area contributed by atoms with Gasteiger partial charge in [0.05, 0.1) is 11.8 Å². The Bertz CT molecular complexity index is 1340. The standard InChI is InChI=1S/C25H25F5N2O4S/c1-2-37(35,36)31-22-18-10-19(18)32(23(33)24(34)11-25(29,30)12-24)20(22)8-13-4-3-5-17(21(13)28)14-6-15(26)9-16(27)7-14/h3-7,9,18-20,22,31,34H,2,8,10-12H2,1H3/t18-,19+,20+,22+/m0/s1. The number of likely N-dealkylation sites (tertiary alicyclic amines) is 1. The summed E-state index contributed by atoms with van der Waals surface area (Å²) in [4.78, 5) is 14.5. The van der Waals surface area contributed by atoms with Crippen LogP contribution >= 0.6 is 0 Å². The predicted molar refractivity (Wildman–Crippen MR) is 124 cm³/mol. The van der Waals surface area contributed by atoms with E-state index >= 15 is 4.39 Å². The van der Waals surface area contributed by atoms with E-state index in [4.69, 9.17) is 0 Å². The van der Waals surface area contributed by atoms with Crippen LogP contribution in [0, 0.1) is 23.4 Å². The van der Waals surface area contributed by atoms with Gasteiger partial charge in [0.1, 0.15) is 17.5 Å². The zero-order valence-electron chi connectivity index (χ0n) is 19.7. The highest BCUT2D eigenvalue weighted by molar-refractivity contribution is 7.89. The first-order valence-electron chi connectivity index (χ1n) is 11.9. The van der Waals surface area contributed by atoms with Crippen LogP contribution in [-0.4, -0.2) is 59.7 Å². The molecule has 1 aliphatic heterocycles. The van der Waals surface area contributed by atoms with Crippen LogP contribution in [0.4, 0.5) is 22.0 Å². The van der Waals surface area contributed by atoms with Crippen LogP contribution in [0.2, 0.25) is 0 Å². The SMILES string of the molecule is CCS(=O)(=O)N[C@@H]1[C@H]2C[C@H]2N(C(=O)C2(O)CC(F)(F)C2)[C@@H]1Cc1cccc(-c2cc(F)cc(F)c2)c1F. The molecule has 200 valence electrons. The monoisotopic (exact) mass is 544 g/mol. The minimum Gasteiger partial charge on any atom is -0.380 e. The molecule has 1 saturated heterocycles. The van der Waals surface area contributed by atoms with Crippen molar-refractivity contribution in [3.05, 3.63) is 59.4 Å². The summed E-state index contributed by atoms with van der Waals surface area (Å²) in [7, 11) is -3.75. The molecule has 2 saturated carbocycles. The van der Waals surface area contributed by atoms with Gasteiger partial charge in [0.2, 0.25) is 10.0 Å². The van der Waals surface area contributed by atoms with Crippen molar-refractivity contribution >= 4 is 15.9 Å². The van der Waals surface area contributed by atoms with Crippen LogP contribution in [0.25, 0.3) is 11.1 Å². The first-order chi connectivity index (χ1) is 17.2. The van der Waals surface area contributed by atoms with E-state index in [1.807, 2.05) is 0 Å². The molecule has 0 aromatic heterocycles. The van der Waals surface area contributed by atoms with E-state index in [0.717, 1.165) is 12.1 Å². The van der Waals surface area contributed by atoms with Crippen molar-refractivity contribution < 1.29 is 40.3 Å². The lowest BCUT2D eigenvalue weighted by Crippen LogP contribution is -2.64. The van der Waals surface area contributed by atoms with Gasteiger partial charge in [-0.1, -0.05) is 18.2 Å². The van der Waals surface area contributed by atoms with E-state index in [0.29, 0.717) is 12.5 Å². The second-order valence-corrected chi connectivity index (χ2v) is 12.2. The molecule has 1 heterocycles. The minimum atomic E-state index is -3.75. The molecule has 0 spiro atoms. The highest BCUT2D eigenvalue weighted by atomic mass is 32.2. The Labute approximate surface area is 210 Å². The molecule has 2 aliphatic carbocycles. The molecule has 3 fully saturated rings. The number of nitrogens with one attached hydrogen (secondary N) is 1. The van der Waals surface area contributed by atoms with Crippen LogP contribution in [-0.2, 0) is 21.2 Å². The lowest BCUT2D eigenvalue weighted by atomic mass is 9.75. The van der Waals surface area contributed by atoms with E-state index < -0.39 is 75.9 Å². The van der Waals surface area contributed by atoms with Gasteiger partial charge in [-0.2, -0.15) is 0 Å². The van der Waals surface area contributed by atoms with Gasteiger partial charge in [0.25, 0.3) is 11.8 Å². The molecule has 2 aromatic carbocycles. The van der Waals surface area contributed by atoms with Crippen molar-refractivity contribution in [1.29, 1.82) is 0 Å². The number of benzene rings is 2. The van der Waals surface area contributed by atoms with Crippen molar-refractivity contribution in [1.82, 2.24) is 9.62 Å². The highest BCUT2D eigenvalue weighted by Gasteiger charge is 2.67. The first kappa shape index (κ1) is 26.1. The highest BCUT2D eigenvalue weighted by Crippen LogP contribution is 2.53. The molecule has 37 heavy (non-hydrogen) atoms. The van der Waals surface area contributed by atoms with Crippen molar-refractivity contribution in [2.45, 2.75) is 62.3 Å². The zero-order valence-corrected chi connectivity index (χ0v) is 20.5. The Morgan fingerprint density at radius 3 is 2.38 bits per heavy atom. The third kappa shape index (κ3) is 4.74. The minimum absolute atomic E-state index is 0.0397. The number of halogens is 5. The van der Waals surface area contributed by atoms with E-state index in [-0.39, 0.29) is 34.8 Å². The zero-order chi connectivity index (χ0) is 26.9. The fourth-order valence-electron chi connectivity index (χ4n) is 5.68. The van der Waals surface area contributed by atoms with Crippen LogP contribution in [0.5, 0.6) is 0 Å². The molecule has 12 heteroatoms. The maximum Gasteiger partial charge on any atom is 0.255 e. The van der Waals surface area contributed by atoms with Crippen molar-refractivity contribution in [2.75, 3.05) is 5.75 Å². The largest absolute Gasteiger partial charge is 0.380 e. The van der Waals surface area contributed by atoms with Gasteiger partial charge in [-0.3, -0.25) is 4.79 Å². The van der Waals surface area contributed by atoms with Crippen molar-refractivity contribution in [3.63, 3.8) is 0 Å². The molecular weight excluding hydrogens is 519 g/mol. The van der Waals surface area contributed by atoms with E-state index in [2.05, 4.69) is 4.72 Å². The second-order valence-electron chi connectivity index (χ2n) is 10.2. The summed E-state index contributed by atoms with van der Waals surface area (Å²) in [6, 6.07) is 4.51. The molecule has 0 radical (unpaired) electrons. The molecule has 1 amide bonds. The number of alkyl halides is 2. The topological polar surface area (TPSA) is 86.7 Å². The van der Waals surface area contributed by atoms with E-state index in [1.54, 1.807) is 0 Å². The molecule has 6 nitrogen and oxygen atoms in total. The van der Waals surface area contributed by atoms with Gasteiger partial charge in [0.15, 0.2) is 5.60 Å². The summed E-state index contributed by atoms with van der Waals surface area (Å²) in [5.74, 6) is -7.29. The van der Waals surface area contributed by atoms with Gasteiger partial charge < -0.3 is 10.0 Å². The summed E-state index contributed by atoms with van der Waals surface area (Å²) in [5, 5.41) is 10.6. The second kappa shape index (κ2) is 8.74. The van der Waals surface area contributed by atoms with Crippen molar-refractivity contribution in [3.8, 4) is 11.1 Å². The molecule has 0 unspecified atom stereocenters. The Kier molecular flexibility index (Phi) is 6.15. The Balaban J connectivity index is 1.50. The van der Waals surface area contributed by atoms with Gasteiger partial charge in [-0.15, -0.1) is 0 Å². The lowest BCUT2D eigenvalue weighted by molar-refractivity contribution is -0.216. The molecule has 5 rings (SSSR count). The summed E-state index contributed by atoms with van der Waals surface area (Å²) >= 11 is 0. The van der Waals surface area contributed by atoms with Crippen LogP contribution < -0.4 is 4.72 Å². The summed E-state index contributed by atoms with van der Waals surface area (Å²) < 4.78 is 97.6. The van der Waals surface area contributed by atoms with Crippen LogP contribution in [0.3, 0.4) is 0 Å². The molecule has 4 atom stereocenters. The molecule has 2 N–H and O–H groups in total. The molecule has 3 aliphatic rings. The first-order valence-corrected chi connectivity index (χ1v) is 13.6. The third-order valence-corrected chi connectivity index (χ3v) is 8.90. The number of nitrogens with zero attached hydrogens (tertiary/aromatic N) is 1.